The minimum absolute atomic E-state index is 0.381. The van der Waals surface area contributed by atoms with Crippen molar-refractivity contribution >= 4 is 5.78 Å². The predicted molar refractivity (Wildman–Crippen MR) is 114 cm³/mol. The van der Waals surface area contributed by atoms with Crippen LogP contribution in [0, 0.1) is 28.6 Å². The molecular weight excluding hydrogens is 344 g/mol. The van der Waals surface area contributed by atoms with Gasteiger partial charge in [-0.1, -0.05) is 13.8 Å². The van der Waals surface area contributed by atoms with Gasteiger partial charge < -0.3 is 4.90 Å². The third kappa shape index (κ3) is 3.39. The molecule has 5 rings (SSSR count). The molecule has 0 aromatic carbocycles. The number of hydrogen-bond donors (Lipinski definition) is 0. The lowest BCUT2D eigenvalue weighted by molar-refractivity contribution is -0.134. The third-order valence-electron chi connectivity index (χ3n) is 9.90. The van der Waals surface area contributed by atoms with Crippen molar-refractivity contribution < 1.29 is 4.79 Å². The highest BCUT2D eigenvalue weighted by Gasteiger charge is 2.54. The van der Waals surface area contributed by atoms with Gasteiger partial charge >= 0.3 is 0 Å². The average molecular weight is 387 g/mol. The molecule has 3 saturated carbocycles. The minimum Gasteiger partial charge on any atom is -0.300 e. The van der Waals surface area contributed by atoms with Crippen molar-refractivity contribution in [3.63, 3.8) is 0 Å². The van der Waals surface area contributed by atoms with Crippen LogP contribution in [0.15, 0.2) is 0 Å². The van der Waals surface area contributed by atoms with Crippen LogP contribution in [-0.2, 0) is 4.79 Å². The molecule has 2 spiro atoms. The number of likely N-dealkylation sites (tertiary alicyclic amines) is 2. The fourth-order valence-corrected chi connectivity index (χ4v) is 7.71. The number of carbonyl (C=O) groups is 1. The summed E-state index contributed by atoms with van der Waals surface area (Å²) in [6.07, 6.45) is 13.6. The Morgan fingerprint density at radius 1 is 0.821 bits per heavy atom. The normalized spacial score (nSPS) is 39.7. The second kappa shape index (κ2) is 7.08. The van der Waals surface area contributed by atoms with E-state index in [4.69, 9.17) is 0 Å². The van der Waals surface area contributed by atoms with Crippen LogP contribution in [0.1, 0.15) is 85.0 Å². The molecule has 0 aromatic heterocycles. The zero-order valence-corrected chi connectivity index (χ0v) is 18.6. The fourth-order valence-electron chi connectivity index (χ4n) is 7.71. The first kappa shape index (κ1) is 19.5. The monoisotopic (exact) mass is 386 g/mol. The van der Waals surface area contributed by atoms with Crippen LogP contribution in [0.25, 0.3) is 0 Å². The fraction of sp³-hybridized carbons (Fsp3) is 0.960. The molecular formula is C25H42N2O. The Labute approximate surface area is 172 Å². The first-order chi connectivity index (χ1) is 13.4. The van der Waals surface area contributed by atoms with Gasteiger partial charge in [-0.25, -0.2) is 0 Å². The molecule has 5 aliphatic rings. The lowest BCUT2D eigenvalue weighted by Gasteiger charge is -2.63. The molecule has 28 heavy (non-hydrogen) atoms. The molecule has 2 aliphatic heterocycles. The molecule has 0 atom stereocenters. The van der Waals surface area contributed by atoms with Crippen molar-refractivity contribution in [3.05, 3.63) is 0 Å². The molecule has 3 aliphatic carbocycles. The summed E-state index contributed by atoms with van der Waals surface area (Å²) in [6, 6.07) is 1.73. The molecule has 0 unspecified atom stereocenters. The van der Waals surface area contributed by atoms with Crippen molar-refractivity contribution in [2.24, 2.45) is 28.6 Å². The Hall–Kier alpha value is -0.410. The van der Waals surface area contributed by atoms with Crippen molar-refractivity contribution in [2.75, 3.05) is 26.2 Å². The number of nitrogens with zero attached hydrogens (tertiary/aromatic N) is 2. The third-order valence-corrected chi connectivity index (χ3v) is 9.90. The smallest absolute Gasteiger partial charge is 0.132 e. The Kier molecular flexibility index (Phi) is 4.94. The van der Waals surface area contributed by atoms with Crippen LogP contribution in [0.4, 0.5) is 0 Å². The number of carbonyl (C=O) groups excluding carboxylic acids is 1. The molecule has 0 aromatic rings. The minimum atomic E-state index is 0.381. The quantitative estimate of drug-likeness (QED) is 0.697. The van der Waals surface area contributed by atoms with Crippen LogP contribution < -0.4 is 0 Å². The molecule has 3 heteroatoms. The maximum absolute atomic E-state index is 11.6. The van der Waals surface area contributed by atoms with Crippen LogP contribution in [0.5, 0.6) is 0 Å². The second-order valence-electron chi connectivity index (χ2n) is 12.0. The SMILES string of the molecule is CC(=O)C1CCC2(CC1)CC(N1CCC(N3CC4(CC(C(C)C)C4)C3)CC1)C2. The molecule has 0 bridgehead atoms. The Morgan fingerprint density at radius 2 is 1.43 bits per heavy atom. The van der Waals surface area contributed by atoms with Gasteiger partial charge in [0.1, 0.15) is 5.78 Å². The standard InChI is InChI=1S/C25H42N2O/c1-18(2)21-12-25(13-21)16-27(17-25)22-6-10-26(11-7-22)23-14-24(15-23)8-4-20(5-9-24)19(3)28/h18,20-23H,4-17H2,1-3H3. The highest BCUT2D eigenvalue weighted by Crippen LogP contribution is 2.56. The van der Waals surface area contributed by atoms with Crippen molar-refractivity contribution in [1.82, 2.24) is 9.80 Å². The number of piperidine rings is 1. The van der Waals surface area contributed by atoms with Gasteiger partial charge in [0.25, 0.3) is 0 Å². The largest absolute Gasteiger partial charge is 0.300 e. The summed E-state index contributed by atoms with van der Waals surface area (Å²) < 4.78 is 0. The lowest BCUT2D eigenvalue weighted by atomic mass is 9.54. The maximum Gasteiger partial charge on any atom is 0.132 e. The van der Waals surface area contributed by atoms with Gasteiger partial charge in [-0.3, -0.25) is 9.69 Å². The van der Waals surface area contributed by atoms with E-state index in [0.717, 1.165) is 29.3 Å². The second-order valence-corrected chi connectivity index (χ2v) is 12.0. The molecule has 0 N–H and O–H groups in total. The van der Waals surface area contributed by atoms with E-state index in [2.05, 4.69) is 23.6 Å². The van der Waals surface area contributed by atoms with Crippen molar-refractivity contribution in [1.29, 1.82) is 0 Å². The molecule has 0 amide bonds. The Bertz CT molecular complexity index is 576. The first-order valence-electron chi connectivity index (χ1n) is 12.4. The summed E-state index contributed by atoms with van der Waals surface area (Å²) in [5.41, 5.74) is 1.36. The van der Waals surface area contributed by atoms with E-state index in [1.165, 1.54) is 90.4 Å². The van der Waals surface area contributed by atoms with Crippen molar-refractivity contribution in [3.8, 4) is 0 Å². The molecule has 2 heterocycles. The van der Waals surface area contributed by atoms with Crippen molar-refractivity contribution in [2.45, 2.75) is 97.1 Å². The van der Waals surface area contributed by atoms with E-state index in [0.29, 0.717) is 17.1 Å². The summed E-state index contributed by atoms with van der Waals surface area (Å²) in [4.78, 5) is 17.3. The summed E-state index contributed by atoms with van der Waals surface area (Å²) in [7, 11) is 0. The lowest BCUT2D eigenvalue weighted by Crippen LogP contribution is -2.66. The van der Waals surface area contributed by atoms with E-state index in [-0.39, 0.29) is 0 Å². The van der Waals surface area contributed by atoms with Gasteiger partial charge in [-0.2, -0.15) is 0 Å². The average Bonchev–Trinajstić information content (AvgIpc) is 2.57. The molecule has 2 saturated heterocycles. The van der Waals surface area contributed by atoms with Crippen LogP contribution in [-0.4, -0.2) is 53.8 Å². The van der Waals surface area contributed by atoms with E-state index in [1.807, 2.05) is 0 Å². The van der Waals surface area contributed by atoms with Gasteiger partial charge in [0.15, 0.2) is 0 Å². The zero-order chi connectivity index (χ0) is 19.5. The maximum atomic E-state index is 11.6. The van der Waals surface area contributed by atoms with Crippen LogP contribution in [0.2, 0.25) is 0 Å². The summed E-state index contributed by atoms with van der Waals surface area (Å²) in [5, 5.41) is 0. The van der Waals surface area contributed by atoms with E-state index in [9.17, 15) is 4.79 Å². The van der Waals surface area contributed by atoms with Crippen LogP contribution in [0.3, 0.4) is 0 Å². The van der Waals surface area contributed by atoms with Gasteiger partial charge in [-0.15, -0.1) is 0 Å². The molecule has 158 valence electrons. The highest BCUT2D eigenvalue weighted by molar-refractivity contribution is 5.78. The zero-order valence-electron chi connectivity index (χ0n) is 18.6. The van der Waals surface area contributed by atoms with Gasteiger partial charge in [0, 0.05) is 31.1 Å². The summed E-state index contributed by atoms with van der Waals surface area (Å²) >= 11 is 0. The Balaban J connectivity index is 1.02. The van der Waals surface area contributed by atoms with Gasteiger partial charge in [0.05, 0.1) is 0 Å². The highest BCUT2D eigenvalue weighted by atomic mass is 16.1. The van der Waals surface area contributed by atoms with E-state index >= 15 is 0 Å². The molecule has 5 fully saturated rings. The van der Waals surface area contributed by atoms with Gasteiger partial charge in [-0.05, 0) is 107 Å². The number of rotatable bonds is 4. The molecule has 3 nitrogen and oxygen atoms in total. The number of Topliss-reactive ketones (excluding diaryl/α,β-unsaturated/α-hetero) is 1. The van der Waals surface area contributed by atoms with E-state index in [1.54, 1.807) is 6.92 Å². The predicted octanol–water partition coefficient (Wildman–Crippen LogP) is 4.75. The summed E-state index contributed by atoms with van der Waals surface area (Å²) in [5.74, 6) is 2.72. The van der Waals surface area contributed by atoms with E-state index < -0.39 is 0 Å². The molecule has 0 radical (unpaired) electrons. The first-order valence-corrected chi connectivity index (χ1v) is 12.4. The van der Waals surface area contributed by atoms with Crippen LogP contribution >= 0.6 is 0 Å². The summed E-state index contributed by atoms with van der Waals surface area (Å²) in [6.45, 7) is 12.1. The van der Waals surface area contributed by atoms with Gasteiger partial charge in [0.2, 0.25) is 0 Å². The topological polar surface area (TPSA) is 23.6 Å². The number of hydrogen-bond acceptors (Lipinski definition) is 3. The number of ketones is 1. The Morgan fingerprint density at radius 3 is 1.96 bits per heavy atom.